The van der Waals surface area contributed by atoms with Gasteiger partial charge in [-0.2, -0.15) is 4.98 Å². The average molecular weight is 292 g/mol. The first-order valence-electron chi connectivity index (χ1n) is 5.64. The predicted octanol–water partition coefficient (Wildman–Crippen LogP) is 2.58. The summed E-state index contributed by atoms with van der Waals surface area (Å²) in [6, 6.07) is 7.34. The Labute approximate surface area is 118 Å². The third kappa shape index (κ3) is 2.22. The largest absolute Gasteiger partial charge is 0.384 e. The van der Waals surface area contributed by atoms with Gasteiger partial charge in [0, 0.05) is 23.0 Å². The molecule has 0 bridgehead atoms. The molecule has 0 amide bonds. The zero-order chi connectivity index (χ0) is 13.4. The Morgan fingerprint density at radius 3 is 2.79 bits per heavy atom. The number of fused-ring (bicyclic) bond motifs is 1. The summed E-state index contributed by atoms with van der Waals surface area (Å²) in [4.78, 5) is 16.6. The topological polar surface area (TPSA) is 60.4 Å². The van der Waals surface area contributed by atoms with Crippen molar-refractivity contribution in [2.45, 2.75) is 6.42 Å². The lowest BCUT2D eigenvalue weighted by molar-refractivity contribution is 1.04. The summed E-state index contributed by atoms with van der Waals surface area (Å²) in [5, 5.41) is 2.52. The number of hydrogen-bond acceptors (Lipinski definition) is 4. The number of nitrogen functional groups attached to an aromatic ring is 1. The highest BCUT2D eigenvalue weighted by molar-refractivity contribution is 7.15. The van der Waals surface area contributed by atoms with Crippen LogP contribution in [0.25, 0.3) is 4.96 Å². The fourth-order valence-corrected chi connectivity index (χ4v) is 2.76. The first kappa shape index (κ1) is 12.2. The van der Waals surface area contributed by atoms with Crippen molar-refractivity contribution in [3.05, 3.63) is 62.3 Å². The first-order chi connectivity index (χ1) is 9.15. The zero-order valence-electron chi connectivity index (χ0n) is 9.84. The van der Waals surface area contributed by atoms with Gasteiger partial charge in [-0.05, 0) is 17.7 Å². The van der Waals surface area contributed by atoms with E-state index in [0.717, 1.165) is 5.56 Å². The lowest BCUT2D eigenvalue weighted by Crippen LogP contribution is -2.18. The summed E-state index contributed by atoms with van der Waals surface area (Å²) < 4.78 is 1.73. The lowest BCUT2D eigenvalue weighted by atomic mass is 10.1. The van der Waals surface area contributed by atoms with E-state index < -0.39 is 0 Å². The molecule has 0 unspecified atom stereocenters. The Hall–Kier alpha value is -1.85. The van der Waals surface area contributed by atoms with E-state index in [4.69, 9.17) is 17.3 Å². The number of nitrogens with two attached hydrogens (primary N) is 1. The van der Waals surface area contributed by atoms with Crippen LogP contribution < -0.4 is 11.3 Å². The van der Waals surface area contributed by atoms with Crippen molar-refractivity contribution in [3.8, 4) is 0 Å². The van der Waals surface area contributed by atoms with Gasteiger partial charge in [-0.25, -0.2) is 0 Å². The molecule has 0 spiro atoms. The fourth-order valence-electron chi connectivity index (χ4n) is 1.92. The SMILES string of the molecule is Nc1c(Cc2ccc(Cl)cc2)c(=O)nc2sccn12. The number of anilines is 1. The number of aromatic nitrogens is 2. The number of halogens is 1. The van der Waals surface area contributed by atoms with Gasteiger partial charge in [0.05, 0.1) is 5.56 Å². The summed E-state index contributed by atoms with van der Waals surface area (Å²) in [5.74, 6) is 0.450. The van der Waals surface area contributed by atoms with E-state index in [2.05, 4.69) is 4.98 Å². The highest BCUT2D eigenvalue weighted by atomic mass is 35.5. The maximum Gasteiger partial charge on any atom is 0.279 e. The molecule has 4 nitrogen and oxygen atoms in total. The molecule has 1 aromatic carbocycles. The molecule has 3 aromatic rings. The van der Waals surface area contributed by atoms with E-state index >= 15 is 0 Å². The minimum atomic E-state index is -0.269. The first-order valence-corrected chi connectivity index (χ1v) is 6.89. The van der Waals surface area contributed by atoms with Crippen molar-refractivity contribution in [3.63, 3.8) is 0 Å². The van der Waals surface area contributed by atoms with Gasteiger partial charge in [0.1, 0.15) is 5.82 Å². The van der Waals surface area contributed by atoms with Crippen LogP contribution in [0.4, 0.5) is 5.82 Å². The van der Waals surface area contributed by atoms with E-state index in [9.17, 15) is 4.79 Å². The maximum atomic E-state index is 12.0. The van der Waals surface area contributed by atoms with Crippen molar-refractivity contribution in [2.75, 3.05) is 5.73 Å². The number of benzene rings is 1. The molecule has 3 rings (SSSR count). The van der Waals surface area contributed by atoms with Crippen LogP contribution in [0.2, 0.25) is 5.02 Å². The highest BCUT2D eigenvalue weighted by Gasteiger charge is 2.11. The minimum absolute atomic E-state index is 0.269. The minimum Gasteiger partial charge on any atom is -0.384 e. The van der Waals surface area contributed by atoms with Crippen LogP contribution in [-0.4, -0.2) is 9.38 Å². The van der Waals surface area contributed by atoms with Crippen LogP contribution in [0.5, 0.6) is 0 Å². The van der Waals surface area contributed by atoms with Crippen molar-refractivity contribution >= 4 is 33.7 Å². The van der Waals surface area contributed by atoms with Gasteiger partial charge in [-0.1, -0.05) is 23.7 Å². The summed E-state index contributed by atoms with van der Waals surface area (Å²) in [6.07, 6.45) is 2.26. The molecule has 19 heavy (non-hydrogen) atoms. The van der Waals surface area contributed by atoms with Gasteiger partial charge in [-0.3, -0.25) is 9.20 Å². The van der Waals surface area contributed by atoms with Gasteiger partial charge in [0.15, 0.2) is 4.96 Å². The Morgan fingerprint density at radius 1 is 1.32 bits per heavy atom. The second-order valence-corrected chi connectivity index (χ2v) is 5.45. The Kier molecular flexibility index (Phi) is 3.00. The van der Waals surface area contributed by atoms with Crippen LogP contribution in [0.3, 0.4) is 0 Å². The molecule has 0 saturated heterocycles. The molecule has 2 N–H and O–H groups in total. The monoisotopic (exact) mass is 291 g/mol. The Bertz CT molecular complexity index is 792. The number of rotatable bonds is 2. The summed E-state index contributed by atoms with van der Waals surface area (Å²) in [5.41, 5.74) is 7.27. The normalized spacial score (nSPS) is 11.0. The molecule has 6 heteroatoms. The van der Waals surface area contributed by atoms with E-state index in [-0.39, 0.29) is 5.56 Å². The molecular weight excluding hydrogens is 282 g/mol. The van der Waals surface area contributed by atoms with Gasteiger partial charge in [0.2, 0.25) is 0 Å². The Balaban J connectivity index is 2.09. The molecule has 2 heterocycles. The van der Waals surface area contributed by atoms with Crippen LogP contribution in [0.15, 0.2) is 40.6 Å². The van der Waals surface area contributed by atoms with Crippen molar-refractivity contribution in [1.29, 1.82) is 0 Å². The molecule has 0 fully saturated rings. The van der Waals surface area contributed by atoms with Crippen molar-refractivity contribution in [1.82, 2.24) is 9.38 Å². The van der Waals surface area contributed by atoms with Crippen LogP contribution in [0, 0.1) is 0 Å². The van der Waals surface area contributed by atoms with Crippen LogP contribution in [0.1, 0.15) is 11.1 Å². The number of hydrogen-bond donors (Lipinski definition) is 1. The van der Waals surface area contributed by atoms with E-state index in [1.54, 1.807) is 16.5 Å². The zero-order valence-corrected chi connectivity index (χ0v) is 11.4. The molecule has 0 atom stereocenters. The molecular formula is C13H10ClN3OS. The van der Waals surface area contributed by atoms with Gasteiger partial charge in [0.25, 0.3) is 5.56 Å². The highest BCUT2D eigenvalue weighted by Crippen LogP contribution is 2.18. The predicted molar refractivity (Wildman–Crippen MR) is 78.0 cm³/mol. The smallest absolute Gasteiger partial charge is 0.279 e. The summed E-state index contributed by atoms with van der Waals surface area (Å²) >= 11 is 7.23. The average Bonchev–Trinajstić information content (AvgIpc) is 2.85. The molecule has 96 valence electrons. The van der Waals surface area contributed by atoms with Gasteiger partial charge >= 0.3 is 0 Å². The van der Waals surface area contributed by atoms with E-state index in [0.29, 0.717) is 27.8 Å². The van der Waals surface area contributed by atoms with Crippen molar-refractivity contribution < 1.29 is 0 Å². The third-order valence-corrected chi connectivity index (χ3v) is 3.92. The maximum absolute atomic E-state index is 12.0. The molecule has 0 aliphatic carbocycles. The lowest BCUT2D eigenvalue weighted by Gasteiger charge is -2.06. The molecule has 0 radical (unpaired) electrons. The summed E-state index contributed by atoms with van der Waals surface area (Å²) in [7, 11) is 0. The molecule has 0 aliphatic heterocycles. The number of nitrogens with zero attached hydrogens (tertiary/aromatic N) is 2. The Morgan fingerprint density at radius 2 is 2.05 bits per heavy atom. The molecule has 0 aliphatic rings. The van der Waals surface area contributed by atoms with Crippen molar-refractivity contribution in [2.24, 2.45) is 0 Å². The van der Waals surface area contributed by atoms with Gasteiger partial charge < -0.3 is 5.73 Å². The second-order valence-electron chi connectivity index (χ2n) is 4.14. The van der Waals surface area contributed by atoms with Crippen LogP contribution in [-0.2, 0) is 6.42 Å². The summed E-state index contributed by atoms with van der Waals surface area (Å²) in [6.45, 7) is 0. The molecule has 2 aromatic heterocycles. The van der Waals surface area contributed by atoms with Crippen LogP contribution >= 0.6 is 22.9 Å². The van der Waals surface area contributed by atoms with E-state index in [1.807, 2.05) is 23.7 Å². The fraction of sp³-hybridized carbons (Fsp3) is 0.0769. The van der Waals surface area contributed by atoms with Gasteiger partial charge in [-0.15, -0.1) is 11.3 Å². The third-order valence-electron chi connectivity index (χ3n) is 2.91. The molecule has 0 saturated carbocycles. The number of thiazole rings is 1. The second kappa shape index (κ2) is 4.68. The van der Waals surface area contributed by atoms with E-state index in [1.165, 1.54) is 11.3 Å². The quantitative estimate of drug-likeness (QED) is 0.789. The standard InChI is InChI=1S/C13H10ClN3OS/c14-9-3-1-8(2-4-9)7-10-11(15)17-5-6-19-13(17)16-12(10)18/h1-6H,7,15H2.